The van der Waals surface area contributed by atoms with Crippen LogP contribution in [0.5, 0.6) is 34.5 Å². The van der Waals surface area contributed by atoms with Crippen LogP contribution in [0.3, 0.4) is 0 Å². The normalized spacial score (nSPS) is 10.1. The number of phenolic OH excluding ortho intramolecular Hbond substituents is 2. The van der Waals surface area contributed by atoms with Crippen LogP contribution in [0.1, 0.15) is 11.1 Å². The third-order valence-corrected chi connectivity index (χ3v) is 4.82. The van der Waals surface area contributed by atoms with Gasteiger partial charge in [-0.2, -0.15) is 0 Å². The first-order chi connectivity index (χ1) is 17.3. The minimum Gasteiger partial charge on any atom is -0.502 e. The maximum absolute atomic E-state index is 11.0. The van der Waals surface area contributed by atoms with Gasteiger partial charge < -0.3 is 19.7 Å². The first kappa shape index (κ1) is 23.6. The summed E-state index contributed by atoms with van der Waals surface area (Å²) in [6, 6.07) is 21.0. The van der Waals surface area contributed by atoms with Gasteiger partial charge in [-0.3, -0.25) is 20.2 Å². The van der Waals surface area contributed by atoms with Crippen molar-refractivity contribution in [3.63, 3.8) is 0 Å². The molecule has 178 valence electrons. The number of nitro groups is 2. The van der Waals surface area contributed by atoms with Gasteiger partial charge in [0.2, 0.25) is 0 Å². The lowest BCUT2D eigenvalue weighted by Gasteiger charge is -2.12. The van der Waals surface area contributed by atoms with Gasteiger partial charge in [0, 0.05) is 35.9 Å². The van der Waals surface area contributed by atoms with E-state index in [2.05, 4.69) is 11.8 Å². The molecule has 0 fully saturated rings. The Bertz CT molecular complexity index is 1520. The summed E-state index contributed by atoms with van der Waals surface area (Å²) in [6.07, 6.45) is 0. The predicted octanol–water partition coefficient (Wildman–Crippen LogP) is 5.90. The summed E-state index contributed by atoms with van der Waals surface area (Å²) in [4.78, 5) is 20.5. The molecule has 0 unspecified atom stereocenters. The quantitative estimate of drug-likeness (QED) is 0.195. The molecule has 10 heteroatoms. The Kier molecular flexibility index (Phi) is 6.65. The number of nitro benzene ring substituents is 2. The molecule has 36 heavy (non-hydrogen) atoms. The van der Waals surface area contributed by atoms with Gasteiger partial charge in [0.1, 0.15) is 23.0 Å². The Labute approximate surface area is 203 Å². The van der Waals surface area contributed by atoms with E-state index in [0.717, 1.165) is 29.8 Å². The van der Waals surface area contributed by atoms with E-state index in [1.165, 1.54) is 18.2 Å². The largest absolute Gasteiger partial charge is 0.502 e. The van der Waals surface area contributed by atoms with Crippen molar-refractivity contribution in [3.8, 4) is 46.3 Å². The minimum absolute atomic E-state index is 0.117. The highest BCUT2D eigenvalue weighted by molar-refractivity contribution is 5.56. The van der Waals surface area contributed by atoms with Gasteiger partial charge in [-0.1, -0.05) is 30.0 Å². The molecule has 0 bridgehead atoms. The number of aromatic hydroxyl groups is 2. The summed E-state index contributed by atoms with van der Waals surface area (Å²) in [6.45, 7) is 0. The smallest absolute Gasteiger partial charge is 0.310 e. The maximum atomic E-state index is 11.0. The zero-order valence-electron chi connectivity index (χ0n) is 18.3. The highest BCUT2D eigenvalue weighted by atomic mass is 16.6. The minimum atomic E-state index is -0.718. The fourth-order valence-corrected chi connectivity index (χ4v) is 3.12. The van der Waals surface area contributed by atoms with Gasteiger partial charge in [0.15, 0.2) is 11.5 Å². The first-order valence-electron chi connectivity index (χ1n) is 10.3. The van der Waals surface area contributed by atoms with Gasteiger partial charge in [-0.05, 0) is 36.4 Å². The maximum Gasteiger partial charge on any atom is 0.310 e. The van der Waals surface area contributed by atoms with Crippen LogP contribution in [-0.2, 0) is 0 Å². The molecule has 0 saturated carbocycles. The second kappa shape index (κ2) is 10.1. The molecule has 4 rings (SSSR count). The Balaban J connectivity index is 1.69. The number of phenols is 2. The van der Waals surface area contributed by atoms with Crippen molar-refractivity contribution in [2.75, 3.05) is 0 Å². The third-order valence-electron chi connectivity index (χ3n) is 4.82. The molecule has 0 saturated heterocycles. The summed E-state index contributed by atoms with van der Waals surface area (Å²) >= 11 is 0. The van der Waals surface area contributed by atoms with Gasteiger partial charge in [0.05, 0.1) is 15.4 Å². The predicted molar refractivity (Wildman–Crippen MR) is 129 cm³/mol. The molecule has 0 aliphatic heterocycles. The Morgan fingerprint density at radius 1 is 0.639 bits per heavy atom. The third kappa shape index (κ3) is 5.49. The summed E-state index contributed by atoms with van der Waals surface area (Å²) < 4.78 is 11.6. The van der Waals surface area contributed by atoms with Crippen LogP contribution in [0.2, 0.25) is 0 Å². The van der Waals surface area contributed by atoms with Gasteiger partial charge >= 0.3 is 11.4 Å². The molecule has 0 aliphatic carbocycles. The molecular formula is C26H16N2O8. The van der Waals surface area contributed by atoms with E-state index in [0.29, 0.717) is 5.56 Å². The fraction of sp³-hybridized carbons (Fsp3) is 0. The van der Waals surface area contributed by atoms with Crippen LogP contribution in [0.15, 0.2) is 84.9 Å². The van der Waals surface area contributed by atoms with Crippen molar-refractivity contribution >= 4 is 11.4 Å². The van der Waals surface area contributed by atoms with E-state index in [-0.39, 0.29) is 23.0 Å². The molecule has 2 N–H and O–H groups in total. The van der Waals surface area contributed by atoms with Crippen LogP contribution in [0.25, 0.3) is 0 Å². The van der Waals surface area contributed by atoms with E-state index in [9.17, 15) is 30.4 Å². The second-order valence-corrected chi connectivity index (χ2v) is 7.29. The van der Waals surface area contributed by atoms with Crippen molar-refractivity contribution in [2.24, 2.45) is 0 Å². The number of ether oxygens (including phenoxy) is 2. The van der Waals surface area contributed by atoms with E-state index >= 15 is 0 Å². The average molecular weight is 484 g/mol. The molecule has 0 heterocycles. The lowest BCUT2D eigenvalue weighted by Crippen LogP contribution is -1.93. The topological polar surface area (TPSA) is 145 Å². The number of benzene rings is 4. The number of hydrogen-bond acceptors (Lipinski definition) is 8. The lowest BCUT2D eigenvalue weighted by atomic mass is 10.1. The summed E-state index contributed by atoms with van der Waals surface area (Å²) in [5, 5.41) is 41.7. The zero-order valence-corrected chi connectivity index (χ0v) is 18.3. The summed E-state index contributed by atoms with van der Waals surface area (Å²) in [5.41, 5.74) is 0.283. The van der Waals surface area contributed by atoms with E-state index < -0.39 is 32.7 Å². The van der Waals surface area contributed by atoms with Crippen molar-refractivity contribution in [1.82, 2.24) is 0 Å². The van der Waals surface area contributed by atoms with E-state index in [1.807, 2.05) is 30.3 Å². The lowest BCUT2D eigenvalue weighted by molar-refractivity contribution is -0.386. The van der Waals surface area contributed by atoms with Gasteiger partial charge in [-0.15, -0.1) is 0 Å². The standard InChI is InChI=1S/C26H16N2O8/c29-24-14-19(10-12-22(24)27(31)32)35-21-9-8-18(7-6-17-4-2-1-3-5-17)26(16-21)36-20-11-13-23(28(33)34)25(30)15-20/h1-5,8-16,29-30H. The van der Waals surface area contributed by atoms with Crippen LogP contribution in [0.4, 0.5) is 11.4 Å². The van der Waals surface area contributed by atoms with Crippen molar-refractivity contribution in [1.29, 1.82) is 0 Å². The molecule has 0 spiro atoms. The summed E-state index contributed by atoms with van der Waals surface area (Å²) in [7, 11) is 0. The van der Waals surface area contributed by atoms with Crippen molar-refractivity contribution in [2.45, 2.75) is 0 Å². The molecule has 0 aromatic heterocycles. The molecule has 10 nitrogen and oxygen atoms in total. The van der Waals surface area contributed by atoms with E-state index in [1.54, 1.807) is 12.1 Å². The summed E-state index contributed by atoms with van der Waals surface area (Å²) in [5.74, 6) is 5.62. The number of rotatable bonds is 6. The molecule has 0 atom stereocenters. The monoisotopic (exact) mass is 484 g/mol. The Morgan fingerprint density at radius 3 is 1.72 bits per heavy atom. The molecule has 4 aromatic rings. The zero-order chi connectivity index (χ0) is 25.7. The number of hydrogen-bond donors (Lipinski definition) is 2. The van der Waals surface area contributed by atoms with Crippen molar-refractivity contribution < 1.29 is 29.5 Å². The average Bonchev–Trinajstić information content (AvgIpc) is 2.84. The van der Waals surface area contributed by atoms with Crippen LogP contribution in [0, 0.1) is 32.1 Å². The molecule has 0 radical (unpaired) electrons. The highest BCUT2D eigenvalue weighted by Crippen LogP contribution is 2.37. The fourth-order valence-electron chi connectivity index (χ4n) is 3.12. The van der Waals surface area contributed by atoms with E-state index in [4.69, 9.17) is 9.47 Å². The SMILES string of the molecule is O=[N+]([O-])c1ccc(Oc2ccc(C#Cc3ccccc3)c(Oc3ccc([N+](=O)[O-])c(O)c3)c2)cc1O. The molecule has 0 aliphatic rings. The number of nitrogens with zero attached hydrogens (tertiary/aromatic N) is 2. The Hall–Kier alpha value is -5.56. The van der Waals surface area contributed by atoms with Crippen LogP contribution >= 0.6 is 0 Å². The molecular weight excluding hydrogens is 468 g/mol. The van der Waals surface area contributed by atoms with Gasteiger partial charge in [-0.25, -0.2) is 0 Å². The Morgan fingerprint density at radius 2 is 1.17 bits per heavy atom. The second-order valence-electron chi connectivity index (χ2n) is 7.29. The highest BCUT2D eigenvalue weighted by Gasteiger charge is 2.16. The van der Waals surface area contributed by atoms with Crippen molar-refractivity contribution in [3.05, 3.63) is 116 Å². The van der Waals surface area contributed by atoms with Crippen LogP contribution < -0.4 is 9.47 Å². The first-order valence-corrected chi connectivity index (χ1v) is 10.3. The molecule has 4 aromatic carbocycles. The van der Waals surface area contributed by atoms with Crippen LogP contribution in [-0.4, -0.2) is 20.1 Å². The molecule has 0 amide bonds. The van der Waals surface area contributed by atoms with Gasteiger partial charge in [0.25, 0.3) is 0 Å².